The number of urea groups is 1. The summed E-state index contributed by atoms with van der Waals surface area (Å²) >= 11 is 0. The van der Waals surface area contributed by atoms with Crippen LogP contribution in [0.5, 0.6) is 0 Å². The molecule has 0 aliphatic heterocycles. The van der Waals surface area contributed by atoms with Gasteiger partial charge < -0.3 is 20.3 Å². The largest absolute Gasteiger partial charge is 0.377 e. The minimum atomic E-state index is -0.110. The van der Waals surface area contributed by atoms with Crippen LogP contribution in [0.4, 0.5) is 4.79 Å². The number of unbranched alkanes of at least 4 members (excludes halogenated alkanes) is 1. The average Bonchev–Trinajstić information content (AvgIpc) is 2.60. The molecule has 0 aliphatic rings. The molecule has 1 aromatic rings. The number of carbonyl (C=O) groups is 1. The van der Waals surface area contributed by atoms with Gasteiger partial charge in [-0.2, -0.15) is 0 Å². The van der Waals surface area contributed by atoms with Gasteiger partial charge in [0.15, 0.2) is 0 Å². The van der Waals surface area contributed by atoms with Crippen LogP contribution in [-0.2, 0) is 17.9 Å². The molecule has 5 nitrogen and oxygen atoms in total. The molecule has 0 fully saturated rings. The minimum absolute atomic E-state index is 0.110. The fourth-order valence-electron chi connectivity index (χ4n) is 2.38. The highest BCUT2D eigenvalue weighted by molar-refractivity contribution is 5.73. The van der Waals surface area contributed by atoms with E-state index in [1.807, 2.05) is 18.2 Å². The maximum Gasteiger partial charge on any atom is 0.315 e. The summed E-state index contributed by atoms with van der Waals surface area (Å²) in [4.78, 5) is 14.2. The highest BCUT2D eigenvalue weighted by Gasteiger charge is 2.05. The molecule has 0 aromatic heterocycles. The quantitative estimate of drug-likeness (QED) is 0.568. The molecule has 0 aliphatic carbocycles. The van der Waals surface area contributed by atoms with Crippen LogP contribution >= 0.6 is 0 Å². The number of carbonyl (C=O) groups excluding carboxylic acids is 1. The van der Waals surface area contributed by atoms with Gasteiger partial charge in [0, 0.05) is 25.7 Å². The normalized spacial score (nSPS) is 11.1. The van der Waals surface area contributed by atoms with Crippen LogP contribution in [-0.4, -0.2) is 43.7 Å². The Hall–Kier alpha value is -1.59. The summed E-state index contributed by atoms with van der Waals surface area (Å²) in [6.45, 7) is 10.1. The zero-order valence-corrected chi connectivity index (χ0v) is 16.3. The molecule has 0 unspecified atom stereocenters. The van der Waals surface area contributed by atoms with Crippen LogP contribution in [0.25, 0.3) is 0 Å². The van der Waals surface area contributed by atoms with Crippen molar-refractivity contribution in [2.45, 2.75) is 59.2 Å². The number of nitrogens with one attached hydrogen (secondary N) is 2. The summed E-state index contributed by atoms with van der Waals surface area (Å²) in [6, 6.07) is 8.54. The molecular formula is C20H35N3O2. The molecule has 0 saturated heterocycles. The number of hydrogen-bond donors (Lipinski definition) is 2. The van der Waals surface area contributed by atoms with Crippen molar-refractivity contribution in [3.63, 3.8) is 0 Å². The summed E-state index contributed by atoms with van der Waals surface area (Å²) in [6.07, 6.45) is 3.09. The topological polar surface area (TPSA) is 53.6 Å². The van der Waals surface area contributed by atoms with Crippen molar-refractivity contribution >= 4 is 6.03 Å². The van der Waals surface area contributed by atoms with Gasteiger partial charge in [-0.3, -0.25) is 0 Å². The van der Waals surface area contributed by atoms with Gasteiger partial charge >= 0.3 is 6.03 Å². The Morgan fingerprint density at radius 2 is 1.88 bits per heavy atom. The van der Waals surface area contributed by atoms with E-state index in [0.29, 0.717) is 25.7 Å². The lowest BCUT2D eigenvalue weighted by Crippen LogP contribution is -2.36. The van der Waals surface area contributed by atoms with Crippen LogP contribution in [0.3, 0.4) is 0 Å². The standard InChI is InChI=1S/C20H35N3O2/c1-5-14-25-16-19-11-7-6-10-18(19)15-22-20(24)21-12-8-9-13-23(4)17(2)3/h6-7,10-11,17H,5,8-9,12-16H2,1-4H3,(H2,21,22,24). The number of ether oxygens (including phenoxy) is 1. The number of rotatable bonds is 12. The first-order chi connectivity index (χ1) is 12.0. The third-order valence-corrected chi connectivity index (χ3v) is 4.27. The number of nitrogens with zero attached hydrogens (tertiary/aromatic N) is 1. The van der Waals surface area contributed by atoms with E-state index in [1.54, 1.807) is 0 Å². The zero-order valence-electron chi connectivity index (χ0n) is 16.3. The van der Waals surface area contributed by atoms with E-state index in [4.69, 9.17) is 4.74 Å². The number of benzene rings is 1. The second kappa shape index (κ2) is 12.7. The summed E-state index contributed by atoms with van der Waals surface area (Å²) in [5.41, 5.74) is 2.24. The summed E-state index contributed by atoms with van der Waals surface area (Å²) < 4.78 is 5.61. The highest BCUT2D eigenvalue weighted by Crippen LogP contribution is 2.10. The molecule has 0 radical (unpaired) electrons. The Morgan fingerprint density at radius 3 is 2.56 bits per heavy atom. The lowest BCUT2D eigenvalue weighted by molar-refractivity contribution is 0.121. The summed E-state index contributed by atoms with van der Waals surface area (Å²) in [5.74, 6) is 0. The van der Waals surface area contributed by atoms with Crippen molar-refractivity contribution < 1.29 is 9.53 Å². The van der Waals surface area contributed by atoms with Crippen molar-refractivity contribution in [3.05, 3.63) is 35.4 Å². The first-order valence-electron chi connectivity index (χ1n) is 9.41. The Kier molecular flexibility index (Phi) is 10.9. The Morgan fingerprint density at radius 1 is 1.16 bits per heavy atom. The molecule has 5 heteroatoms. The molecule has 0 bridgehead atoms. The van der Waals surface area contributed by atoms with E-state index in [-0.39, 0.29) is 6.03 Å². The first kappa shape index (κ1) is 21.5. The van der Waals surface area contributed by atoms with Crippen molar-refractivity contribution in [2.24, 2.45) is 0 Å². The number of amides is 2. The van der Waals surface area contributed by atoms with Crippen LogP contribution in [0, 0.1) is 0 Å². The fourth-order valence-corrected chi connectivity index (χ4v) is 2.38. The maximum atomic E-state index is 11.9. The molecule has 1 rings (SSSR count). The van der Waals surface area contributed by atoms with Crippen LogP contribution in [0.1, 0.15) is 51.2 Å². The van der Waals surface area contributed by atoms with Crippen LogP contribution < -0.4 is 10.6 Å². The lowest BCUT2D eigenvalue weighted by Gasteiger charge is -2.20. The zero-order chi connectivity index (χ0) is 18.5. The van der Waals surface area contributed by atoms with Gasteiger partial charge in [-0.25, -0.2) is 4.79 Å². The van der Waals surface area contributed by atoms with Crippen molar-refractivity contribution in [3.8, 4) is 0 Å². The Balaban J connectivity index is 2.23. The Labute approximate surface area is 153 Å². The van der Waals surface area contributed by atoms with Gasteiger partial charge in [0.05, 0.1) is 6.61 Å². The number of hydrogen-bond acceptors (Lipinski definition) is 3. The average molecular weight is 350 g/mol. The third-order valence-electron chi connectivity index (χ3n) is 4.27. The van der Waals surface area contributed by atoms with Gasteiger partial charge in [0.1, 0.15) is 0 Å². The van der Waals surface area contributed by atoms with Gasteiger partial charge in [-0.15, -0.1) is 0 Å². The molecule has 0 saturated carbocycles. The molecule has 142 valence electrons. The lowest BCUT2D eigenvalue weighted by atomic mass is 10.1. The molecular weight excluding hydrogens is 314 g/mol. The highest BCUT2D eigenvalue weighted by atomic mass is 16.5. The monoisotopic (exact) mass is 349 g/mol. The molecule has 0 heterocycles. The second-order valence-corrected chi connectivity index (χ2v) is 6.71. The van der Waals surface area contributed by atoms with Crippen LogP contribution in [0.2, 0.25) is 0 Å². The van der Waals surface area contributed by atoms with Gasteiger partial charge in [-0.05, 0) is 57.8 Å². The van der Waals surface area contributed by atoms with Gasteiger partial charge in [0.2, 0.25) is 0 Å². The van der Waals surface area contributed by atoms with Crippen LogP contribution in [0.15, 0.2) is 24.3 Å². The van der Waals surface area contributed by atoms with Gasteiger partial charge in [0.25, 0.3) is 0 Å². The van der Waals surface area contributed by atoms with E-state index in [1.165, 1.54) is 0 Å². The fraction of sp³-hybridized carbons (Fsp3) is 0.650. The molecule has 25 heavy (non-hydrogen) atoms. The minimum Gasteiger partial charge on any atom is -0.377 e. The molecule has 0 atom stereocenters. The van der Waals surface area contributed by atoms with E-state index < -0.39 is 0 Å². The van der Waals surface area contributed by atoms with E-state index >= 15 is 0 Å². The maximum absolute atomic E-state index is 11.9. The smallest absolute Gasteiger partial charge is 0.315 e. The molecule has 2 N–H and O–H groups in total. The third kappa shape index (κ3) is 9.46. The predicted octanol–water partition coefficient (Wildman–Crippen LogP) is 3.53. The van der Waals surface area contributed by atoms with Gasteiger partial charge in [-0.1, -0.05) is 31.2 Å². The van der Waals surface area contributed by atoms with Crippen molar-refractivity contribution in [1.29, 1.82) is 0 Å². The van der Waals surface area contributed by atoms with E-state index in [9.17, 15) is 4.79 Å². The SMILES string of the molecule is CCCOCc1ccccc1CNC(=O)NCCCCN(C)C(C)C. The predicted molar refractivity (Wildman–Crippen MR) is 104 cm³/mol. The first-order valence-corrected chi connectivity index (χ1v) is 9.41. The van der Waals surface area contributed by atoms with Crippen molar-refractivity contribution in [2.75, 3.05) is 26.7 Å². The second-order valence-electron chi connectivity index (χ2n) is 6.71. The van der Waals surface area contributed by atoms with Crippen molar-refractivity contribution in [1.82, 2.24) is 15.5 Å². The summed E-state index contributed by atoms with van der Waals surface area (Å²) in [5, 5.41) is 5.86. The summed E-state index contributed by atoms with van der Waals surface area (Å²) in [7, 11) is 2.13. The molecule has 0 spiro atoms. The molecule has 1 aromatic carbocycles. The van der Waals surface area contributed by atoms with E-state index in [2.05, 4.69) is 49.4 Å². The Bertz CT molecular complexity index is 492. The van der Waals surface area contributed by atoms with E-state index in [0.717, 1.165) is 43.5 Å². The molecule has 2 amide bonds.